The molecule has 17 heavy (non-hydrogen) atoms. The van der Waals surface area contributed by atoms with Crippen molar-refractivity contribution in [2.24, 2.45) is 0 Å². The van der Waals surface area contributed by atoms with E-state index in [0.29, 0.717) is 13.2 Å². The van der Waals surface area contributed by atoms with E-state index in [1.807, 2.05) is 20.9 Å². The van der Waals surface area contributed by atoms with E-state index in [2.05, 4.69) is 24.1 Å². The molecule has 0 saturated heterocycles. The lowest BCUT2D eigenvalue weighted by molar-refractivity contribution is -0.151. The van der Waals surface area contributed by atoms with E-state index >= 15 is 0 Å². The maximum atomic E-state index is 11.9. The number of carbonyl (C=O) groups is 1. The van der Waals surface area contributed by atoms with Gasteiger partial charge in [-0.2, -0.15) is 0 Å². The second-order valence-electron chi connectivity index (χ2n) is 4.52. The standard InChI is InChI=1S/C13H28N2O2/c1-6-9-10-15(7-2)11-13(4,14-5)12(16)17-8-3/h14H,6-11H2,1-5H3. The van der Waals surface area contributed by atoms with Gasteiger partial charge in [0.05, 0.1) is 6.61 Å². The minimum Gasteiger partial charge on any atom is -0.465 e. The minimum absolute atomic E-state index is 0.169. The van der Waals surface area contributed by atoms with Gasteiger partial charge in [-0.15, -0.1) is 0 Å². The Hall–Kier alpha value is -0.610. The summed E-state index contributed by atoms with van der Waals surface area (Å²) in [6.45, 7) is 11.1. The lowest BCUT2D eigenvalue weighted by atomic mass is 10.0. The highest BCUT2D eigenvalue weighted by molar-refractivity contribution is 5.80. The van der Waals surface area contributed by atoms with Crippen LogP contribution < -0.4 is 5.32 Å². The molecule has 0 fully saturated rings. The SMILES string of the molecule is CCCCN(CC)CC(C)(NC)C(=O)OCC. The quantitative estimate of drug-likeness (QED) is 0.626. The van der Waals surface area contributed by atoms with Crippen LogP contribution >= 0.6 is 0 Å². The van der Waals surface area contributed by atoms with Crippen LogP contribution in [0.1, 0.15) is 40.5 Å². The van der Waals surface area contributed by atoms with Crippen LogP contribution in [-0.4, -0.2) is 49.7 Å². The van der Waals surface area contributed by atoms with Crippen molar-refractivity contribution >= 4 is 5.97 Å². The van der Waals surface area contributed by atoms with E-state index in [9.17, 15) is 4.79 Å². The smallest absolute Gasteiger partial charge is 0.327 e. The Morgan fingerprint density at radius 3 is 2.41 bits per heavy atom. The molecule has 0 rings (SSSR count). The summed E-state index contributed by atoms with van der Waals surface area (Å²) < 4.78 is 5.12. The van der Waals surface area contributed by atoms with Gasteiger partial charge in [-0.25, -0.2) is 0 Å². The predicted molar refractivity (Wildman–Crippen MR) is 71.1 cm³/mol. The van der Waals surface area contributed by atoms with E-state index in [0.717, 1.165) is 19.5 Å². The van der Waals surface area contributed by atoms with E-state index in [4.69, 9.17) is 4.74 Å². The first kappa shape index (κ1) is 16.4. The summed E-state index contributed by atoms with van der Waals surface area (Å²) in [5.74, 6) is -0.169. The van der Waals surface area contributed by atoms with Crippen LogP contribution in [0.15, 0.2) is 0 Å². The van der Waals surface area contributed by atoms with Crippen molar-refractivity contribution in [3.05, 3.63) is 0 Å². The molecule has 0 saturated carbocycles. The molecular formula is C13H28N2O2. The predicted octanol–water partition coefficient (Wildman–Crippen LogP) is 1.65. The third-order valence-corrected chi connectivity index (χ3v) is 3.09. The van der Waals surface area contributed by atoms with Crippen molar-refractivity contribution in [1.29, 1.82) is 0 Å². The molecule has 0 aromatic rings. The fraction of sp³-hybridized carbons (Fsp3) is 0.923. The molecule has 0 amide bonds. The molecule has 0 aliphatic heterocycles. The first-order valence-electron chi connectivity index (χ1n) is 6.62. The molecule has 0 radical (unpaired) electrons. The van der Waals surface area contributed by atoms with Crippen LogP contribution in [0.2, 0.25) is 0 Å². The third-order valence-electron chi connectivity index (χ3n) is 3.09. The summed E-state index contributed by atoms with van der Waals surface area (Å²) in [4.78, 5) is 14.2. The Morgan fingerprint density at radius 1 is 1.35 bits per heavy atom. The third kappa shape index (κ3) is 5.50. The summed E-state index contributed by atoms with van der Waals surface area (Å²) in [6.07, 6.45) is 2.34. The van der Waals surface area contributed by atoms with Crippen LogP contribution in [-0.2, 0) is 9.53 Å². The van der Waals surface area contributed by atoms with Crippen molar-refractivity contribution < 1.29 is 9.53 Å². The molecule has 1 atom stereocenters. The molecule has 0 bridgehead atoms. The highest BCUT2D eigenvalue weighted by Gasteiger charge is 2.34. The number of esters is 1. The lowest BCUT2D eigenvalue weighted by Crippen LogP contribution is -2.56. The largest absolute Gasteiger partial charge is 0.465 e. The molecule has 0 aromatic heterocycles. The molecule has 1 unspecified atom stereocenters. The van der Waals surface area contributed by atoms with E-state index in [1.54, 1.807) is 0 Å². The van der Waals surface area contributed by atoms with Crippen molar-refractivity contribution in [2.75, 3.05) is 33.3 Å². The van der Waals surface area contributed by atoms with Crippen molar-refractivity contribution in [2.45, 2.75) is 46.1 Å². The van der Waals surface area contributed by atoms with Gasteiger partial charge in [0.1, 0.15) is 5.54 Å². The van der Waals surface area contributed by atoms with Gasteiger partial charge in [0.15, 0.2) is 0 Å². The maximum Gasteiger partial charge on any atom is 0.327 e. The molecular weight excluding hydrogens is 216 g/mol. The summed E-state index contributed by atoms with van der Waals surface area (Å²) in [5, 5.41) is 3.09. The van der Waals surface area contributed by atoms with E-state index in [-0.39, 0.29) is 5.97 Å². The molecule has 0 aromatic carbocycles. The summed E-state index contributed by atoms with van der Waals surface area (Å²) in [7, 11) is 1.81. The maximum absolute atomic E-state index is 11.9. The minimum atomic E-state index is -0.611. The van der Waals surface area contributed by atoms with Crippen molar-refractivity contribution in [3.8, 4) is 0 Å². The summed E-state index contributed by atoms with van der Waals surface area (Å²) >= 11 is 0. The summed E-state index contributed by atoms with van der Waals surface area (Å²) in [5.41, 5.74) is -0.611. The fourth-order valence-corrected chi connectivity index (χ4v) is 1.71. The van der Waals surface area contributed by atoms with E-state index < -0.39 is 5.54 Å². The first-order valence-corrected chi connectivity index (χ1v) is 6.62. The molecule has 102 valence electrons. The van der Waals surface area contributed by atoms with Gasteiger partial charge in [0, 0.05) is 6.54 Å². The van der Waals surface area contributed by atoms with Gasteiger partial charge in [0.2, 0.25) is 0 Å². The van der Waals surface area contributed by atoms with Crippen molar-refractivity contribution in [1.82, 2.24) is 10.2 Å². The number of nitrogens with one attached hydrogen (secondary N) is 1. The Balaban J connectivity index is 4.46. The molecule has 1 N–H and O–H groups in total. The van der Waals surface area contributed by atoms with Crippen LogP contribution in [0.5, 0.6) is 0 Å². The average Bonchev–Trinajstić information content (AvgIpc) is 2.34. The fourth-order valence-electron chi connectivity index (χ4n) is 1.71. The molecule has 0 aliphatic carbocycles. The number of likely N-dealkylation sites (N-methyl/N-ethyl adjacent to an activating group) is 2. The van der Waals surface area contributed by atoms with Crippen LogP contribution in [0.3, 0.4) is 0 Å². The molecule has 0 spiro atoms. The highest BCUT2D eigenvalue weighted by Crippen LogP contribution is 2.10. The molecule has 4 nitrogen and oxygen atoms in total. The number of nitrogens with zero attached hydrogens (tertiary/aromatic N) is 1. The lowest BCUT2D eigenvalue weighted by Gasteiger charge is -2.32. The normalized spacial score (nSPS) is 14.7. The van der Waals surface area contributed by atoms with Gasteiger partial charge in [-0.1, -0.05) is 20.3 Å². The highest BCUT2D eigenvalue weighted by atomic mass is 16.5. The van der Waals surface area contributed by atoms with Gasteiger partial charge in [-0.3, -0.25) is 4.79 Å². The second-order valence-corrected chi connectivity index (χ2v) is 4.52. The Morgan fingerprint density at radius 2 is 2.00 bits per heavy atom. The second kappa shape index (κ2) is 8.48. The molecule has 0 aliphatic rings. The van der Waals surface area contributed by atoms with Crippen LogP contribution in [0.25, 0.3) is 0 Å². The Bertz CT molecular complexity index is 221. The first-order chi connectivity index (χ1) is 8.03. The van der Waals surface area contributed by atoms with Crippen molar-refractivity contribution in [3.63, 3.8) is 0 Å². The Kier molecular flexibility index (Phi) is 8.17. The monoisotopic (exact) mass is 244 g/mol. The number of hydrogen-bond acceptors (Lipinski definition) is 4. The Labute approximate surface area is 106 Å². The van der Waals surface area contributed by atoms with Crippen LogP contribution in [0, 0.1) is 0 Å². The summed E-state index contributed by atoms with van der Waals surface area (Å²) in [6, 6.07) is 0. The number of carbonyl (C=O) groups excluding carboxylic acids is 1. The number of unbranched alkanes of at least 4 members (excludes halogenated alkanes) is 1. The molecule has 0 heterocycles. The number of rotatable bonds is 9. The van der Waals surface area contributed by atoms with Crippen LogP contribution in [0.4, 0.5) is 0 Å². The van der Waals surface area contributed by atoms with E-state index in [1.165, 1.54) is 6.42 Å². The topological polar surface area (TPSA) is 41.6 Å². The zero-order valence-electron chi connectivity index (χ0n) is 12.0. The molecule has 4 heteroatoms. The van der Waals surface area contributed by atoms with Gasteiger partial charge < -0.3 is 15.0 Å². The average molecular weight is 244 g/mol. The van der Waals surface area contributed by atoms with Gasteiger partial charge in [0.25, 0.3) is 0 Å². The zero-order valence-corrected chi connectivity index (χ0v) is 12.0. The number of hydrogen-bond donors (Lipinski definition) is 1. The van der Waals surface area contributed by atoms with Gasteiger partial charge >= 0.3 is 5.97 Å². The zero-order chi connectivity index (χ0) is 13.3. The van der Waals surface area contributed by atoms with Gasteiger partial charge in [-0.05, 0) is 40.4 Å². The number of ether oxygens (including phenoxy) is 1.